The summed E-state index contributed by atoms with van der Waals surface area (Å²) in [5, 5.41) is 4.46. The molecule has 7 nitrogen and oxygen atoms in total. The highest BCUT2D eigenvalue weighted by atomic mass is 16.5. The molecule has 0 radical (unpaired) electrons. The predicted molar refractivity (Wildman–Crippen MR) is 101 cm³/mol. The Balaban J connectivity index is 1.38. The van der Waals surface area contributed by atoms with Gasteiger partial charge in [0.2, 0.25) is 0 Å². The van der Waals surface area contributed by atoms with Crippen molar-refractivity contribution in [2.75, 3.05) is 33.4 Å². The summed E-state index contributed by atoms with van der Waals surface area (Å²) in [6.45, 7) is 9.64. The molecule has 1 aromatic rings. The first-order chi connectivity index (χ1) is 13.1. The maximum Gasteiger partial charge on any atom is 0.254 e. The molecule has 4 rings (SSSR count). The molecular weight excluding hydrogens is 344 g/mol. The van der Waals surface area contributed by atoms with Crippen LogP contribution in [-0.4, -0.2) is 76.6 Å². The second-order valence-electron chi connectivity index (χ2n) is 8.12. The molecule has 3 aliphatic rings. The molecule has 0 saturated carbocycles. The zero-order chi connectivity index (χ0) is 19.0. The number of hydrogen-bond donors (Lipinski definition) is 0. The van der Waals surface area contributed by atoms with E-state index < -0.39 is 0 Å². The molecule has 1 aromatic heterocycles. The van der Waals surface area contributed by atoms with Crippen LogP contribution in [0.2, 0.25) is 0 Å². The van der Waals surface area contributed by atoms with Crippen LogP contribution < -0.4 is 0 Å². The van der Waals surface area contributed by atoms with E-state index in [1.165, 1.54) is 11.3 Å². The Bertz CT molecular complexity index is 675. The molecule has 3 saturated heterocycles. The number of rotatable bonds is 5. The third-order valence-corrected chi connectivity index (χ3v) is 6.84. The van der Waals surface area contributed by atoms with Crippen LogP contribution in [0, 0.1) is 6.92 Å². The number of piperidine rings is 1. The van der Waals surface area contributed by atoms with Crippen LogP contribution in [0.15, 0.2) is 6.20 Å². The maximum absolute atomic E-state index is 12.8. The third kappa shape index (κ3) is 3.09. The smallest absolute Gasteiger partial charge is 0.254 e. The van der Waals surface area contributed by atoms with Crippen molar-refractivity contribution >= 4 is 5.91 Å². The van der Waals surface area contributed by atoms with E-state index in [0.29, 0.717) is 6.04 Å². The molecule has 0 N–H and O–H groups in total. The van der Waals surface area contributed by atoms with E-state index in [1.54, 1.807) is 7.11 Å². The van der Waals surface area contributed by atoms with Gasteiger partial charge in [-0.3, -0.25) is 14.4 Å². The van der Waals surface area contributed by atoms with Gasteiger partial charge < -0.3 is 14.4 Å². The Kier molecular flexibility index (Phi) is 5.27. The van der Waals surface area contributed by atoms with Crippen LogP contribution in [0.5, 0.6) is 0 Å². The fourth-order valence-corrected chi connectivity index (χ4v) is 5.26. The summed E-state index contributed by atoms with van der Waals surface area (Å²) in [4.78, 5) is 17.4. The standard InChI is InChI=1S/C20H32N4O3/c1-4-23-15(2)16(13-21-23)14-22-9-5-17(6-10-22)24-19(25)18(26-3)20(24)7-11-27-12-8-20/h13,17-18H,4-12,14H2,1-3H3. The average Bonchev–Trinajstić information content (AvgIpc) is 3.04. The Labute approximate surface area is 161 Å². The lowest BCUT2D eigenvalue weighted by molar-refractivity contribution is -0.214. The van der Waals surface area contributed by atoms with Gasteiger partial charge in [0, 0.05) is 63.8 Å². The second kappa shape index (κ2) is 7.53. The minimum atomic E-state index is -0.276. The van der Waals surface area contributed by atoms with Gasteiger partial charge in [-0.2, -0.15) is 5.10 Å². The highest BCUT2D eigenvalue weighted by Crippen LogP contribution is 2.45. The molecule has 150 valence electrons. The van der Waals surface area contributed by atoms with E-state index in [1.807, 2.05) is 6.20 Å². The zero-order valence-corrected chi connectivity index (χ0v) is 16.8. The molecular formula is C20H32N4O3. The molecule has 0 bridgehead atoms. The van der Waals surface area contributed by atoms with Gasteiger partial charge in [-0.05, 0) is 39.5 Å². The number of nitrogens with zero attached hydrogens (tertiary/aromatic N) is 4. The van der Waals surface area contributed by atoms with Gasteiger partial charge in [-0.1, -0.05) is 0 Å². The van der Waals surface area contributed by atoms with Crippen molar-refractivity contribution in [1.82, 2.24) is 19.6 Å². The van der Waals surface area contributed by atoms with Crippen molar-refractivity contribution in [2.45, 2.75) is 70.3 Å². The maximum atomic E-state index is 12.8. The third-order valence-electron chi connectivity index (χ3n) is 6.84. The Hall–Kier alpha value is -1.44. The summed E-state index contributed by atoms with van der Waals surface area (Å²) in [6.07, 6.45) is 5.59. The number of methoxy groups -OCH3 is 1. The number of aryl methyl sites for hydroxylation is 1. The zero-order valence-electron chi connectivity index (χ0n) is 16.8. The lowest BCUT2D eigenvalue weighted by atomic mass is 9.72. The van der Waals surface area contributed by atoms with Crippen molar-refractivity contribution in [3.05, 3.63) is 17.5 Å². The molecule has 7 heteroatoms. The van der Waals surface area contributed by atoms with E-state index in [9.17, 15) is 4.79 Å². The molecule has 1 unspecified atom stereocenters. The number of carbonyl (C=O) groups is 1. The Morgan fingerprint density at radius 3 is 2.59 bits per heavy atom. The summed E-state index contributed by atoms with van der Waals surface area (Å²) in [6, 6.07) is 0.331. The van der Waals surface area contributed by atoms with Crippen LogP contribution in [0.3, 0.4) is 0 Å². The summed E-state index contributed by atoms with van der Waals surface area (Å²) in [5.74, 6) is 0.179. The molecule has 1 atom stereocenters. The number of ether oxygens (including phenoxy) is 2. The molecule has 1 spiro atoms. The fraction of sp³-hybridized carbons (Fsp3) is 0.800. The number of carbonyl (C=O) groups excluding carboxylic acids is 1. The van der Waals surface area contributed by atoms with E-state index in [0.717, 1.165) is 65.1 Å². The van der Waals surface area contributed by atoms with Crippen molar-refractivity contribution in [1.29, 1.82) is 0 Å². The lowest BCUT2D eigenvalue weighted by Crippen LogP contribution is -2.78. The minimum Gasteiger partial charge on any atom is -0.381 e. The van der Waals surface area contributed by atoms with Crippen molar-refractivity contribution in [3.8, 4) is 0 Å². The Morgan fingerprint density at radius 1 is 1.30 bits per heavy atom. The normalized spacial score (nSPS) is 26.6. The van der Waals surface area contributed by atoms with Crippen molar-refractivity contribution in [2.24, 2.45) is 0 Å². The average molecular weight is 377 g/mol. The summed E-state index contributed by atoms with van der Waals surface area (Å²) in [7, 11) is 1.67. The van der Waals surface area contributed by atoms with Gasteiger partial charge >= 0.3 is 0 Å². The summed E-state index contributed by atoms with van der Waals surface area (Å²) >= 11 is 0. The molecule has 3 aliphatic heterocycles. The van der Waals surface area contributed by atoms with Gasteiger partial charge in [0.1, 0.15) is 0 Å². The summed E-state index contributed by atoms with van der Waals surface area (Å²) in [5.41, 5.74) is 2.45. The molecule has 1 amide bonds. The highest BCUT2D eigenvalue weighted by molar-refractivity contribution is 5.90. The van der Waals surface area contributed by atoms with Crippen LogP contribution in [0.25, 0.3) is 0 Å². The quantitative estimate of drug-likeness (QED) is 0.731. The van der Waals surface area contributed by atoms with Crippen LogP contribution in [0.4, 0.5) is 0 Å². The number of aromatic nitrogens is 2. The monoisotopic (exact) mass is 376 g/mol. The molecule has 0 aromatic carbocycles. The van der Waals surface area contributed by atoms with E-state index in [4.69, 9.17) is 9.47 Å². The first-order valence-electron chi connectivity index (χ1n) is 10.3. The van der Waals surface area contributed by atoms with E-state index in [-0.39, 0.29) is 17.6 Å². The minimum absolute atomic E-state index is 0.129. The van der Waals surface area contributed by atoms with Crippen LogP contribution in [-0.2, 0) is 27.4 Å². The topological polar surface area (TPSA) is 59.8 Å². The Morgan fingerprint density at radius 2 is 2.00 bits per heavy atom. The molecule has 3 fully saturated rings. The first-order valence-corrected chi connectivity index (χ1v) is 10.3. The van der Waals surface area contributed by atoms with Gasteiger partial charge in [0.05, 0.1) is 11.7 Å². The molecule has 0 aliphatic carbocycles. The molecule has 4 heterocycles. The summed E-state index contributed by atoms with van der Waals surface area (Å²) < 4.78 is 13.2. The van der Waals surface area contributed by atoms with Crippen LogP contribution in [0.1, 0.15) is 43.9 Å². The van der Waals surface area contributed by atoms with Gasteiger partial charge in [-0.25, -0.2) is 0 Å². The number of likely N-dealkylation sites (tertiary alicyclic amines) is 2. The largest absolute Gasteiger partial charge is 0.381 e. The van der Waals surface area contributed by atoms with Gasteiger partial charge in [0.15, 0.2) is 6.10 Å². The van der Waals surface area contributed by atoms with E-state index >= 15 is 0 Å². The lowest BCUT2D eigenvalue weighted by Gasteiger charge is -2.61. The fourth-order valence-electron chi connectivity index (χ4n) is 5.26. The first kappa shape index (κ1) is 18.9. The number of β-lactam (4-membered cyclic amide) rings is 1. The van der Waals surface area contributed by atoms with Crippen molar-refractivity contribution in [3.63, 3.8) is 0 Å². The predicted octanol–water partition coefficient (Wildman–Crippen LogP) is 1.58. The van der Waals surface area contributed by atoms with Crippen molar-refractivity contribution < 1.29 is 14.3 Å². The SMILES string of the molecule is CCn1ncc(CN2CCC(N3C(=O)C(OC)C34CCOCC4)CC2)c1C. The van der Waals surface area contributed by atoms with E-state index in [2.05, 4.69) is 33.4 Å². The highest BCUT2D eigenvalue weighted by Gasteiger charge is 2.62. The molecule has 27 heavy (non-hydrogen) atoms. The van der Waals surface area contributed by atoms with Crippen LogP contribution >= 0.6 is 0 Å². The number of hydrogen-bond acceptors (Lipinski definition) is 5. The second-order valence-corrected chi connectivity index (χ2v) is 8.12. The number of amides is 1. The van der Waals surface area contributed by atoms with Gasteiger partial charge in [0.25, 0.3) is 5.91 Å². The van der Waals surface area contributed by atoms with Gasteiger partial charge in [-0.15, -0.1) is 0 Å².